The van der Waals surface area contributed by atoms with E-state index in [1.807, 2.05) is 36.1 Å². The molecule has 1 aromatic rings. The summed E-state index contributed by atoms with van der Waals surface area (Å²) in [6.07, 6.45) is 0. The molecule has 0 aliphatic carbocycles. The maximum atomic E-state index is 10.7. The molecule has 2 nitrogen and oxygen atoms in total. The van der Waals surface area contributed by atoms with E-state index >= 15 is 0 Å². The van der Waals surface area contributed by atoms with Crippen LogP contribution in [-0.4, -0.2) is 26.6 Å². The third-order valence-electron chi connectivity index (χ3n) is 2.69. The Kier molecular flexibility index (Phi) is 3.59. The van der Waals surface area contributed by atoms with Gasteiger partial charge in [0.05, 0.1) is 5.75 Å². The number of aliphatic hydroxyl groups is 1. The maximum Gasteiger partial charge on any atom is 0.175 e. The number of halogens is 1. The molecule has 1 atom stereocenters. The highest BCUT2D eigenvalue weighted by Gasteiger charge is 2.42. The fraction of sp³-hybridized carbons (Fsp3) is 0.364. The Balaban J connectivity index is 2.38. The van der Waals surface area contributed by atoms with E-state index in [0.717, 1.165) is 20.9 Å². The van der Waals surface area contributed by atoms with Crippen molar-refractivity contribution in [3.05, 3.63) is 34.3 Å². The second kappa shape index (κ2) is 4.64. The lowest BCUT2D eigenvalue weighted by Crippen LogP contribution is -2.44. The summed E-state index contributed by atoms with van der Waals surface area (Å²) in [4.78, 5) is 1.87. The highest BCUT2D eigenvalue weighted by atomic mass is 79.9. The van der Waals surface area contributed by atoms with Crippen molar-refractivity contribution in [2.45, 2.75) is 12.6 Å². The Hall–Kier alpha value is -0.100. The van der Waals surface area contributed by atoms with E-state index in [9.17, 15) is 5.11 Å². The molecule has 1 aliphatic rings. The van der Waals surface area contributed by atoms with Gasteiger partial charge in [-0.05, 0) is 19.1 Å². The van der Waals surface area contributed by atoms with Gasteiger partial charge in [-0.1, -0.05) is 52.0 Å². The summed E-state index contributed by atoms with van der Waals surface area (Å²) in [5, 5.41) is 10.7. The highest BCUT2D eigenvalue weighted by Crippen LogP contribution is 2.38. The monoisotopic (exact) mass is 317 g/mol. The van der Waals surface area contributed by atoms with Crippen LogP contribution >= 0.6 is 39.9 Å². The van der Waals surface area contributed by atoms with Gasteiger partial charge in [0, 0.05) is 16.6 Å². The number of nitrogens with zero attached hydrogens (tertiary/aromatic N) is 1. The second-order valence-corrected chi connectivity index (χ2v) is 6.15. The molecule has 1 saturated heterocycles. The Morgan fingerprint density at radius 2 is 2.12 bits per heavy atom. The third kappa shape index (κ3) is 2.01. The summed E-state index contributed by atoms with van der Waals surface area (Å²) in [6, 6.07) is 7.74. The summed E-state index contributed by atoms with van der Waals surface area (Å²) < 4.78 is 1.78. The number of hydrogen-bond acceptors (Lipinski definition) is 3. The first kappa shape index (κ1) is 12.4. The predicted octanol–water partition coefficient (Wildman–Crippen LogP) is 2.95. The van der Waals surface area contributed by atoms with Crippen molar-refractivity contribution < 1.29 is 5.11 Å². The molecule has 1 heterocycles. The number of thiocarbonyl (C=S) groups is 1. The number of benzene rings is 1. The minimum Gasteiger partial charge on any atom is -0.366 e. The van der Waals surface area contributed by atoms with Gasteiger partial charge in [0.25, 0.3) is 0 Å². The fourth-order valence-corrected chi connectivity index (χ4v) is 3.62. The lowest BCUT2D eigenvalue weighted by molar-refractivity contribution is -0.0441. The Labute approximate surface area is 113 Å². The first-order chi connectivity index (χ1) is 7.58. The van der Waals surface area contributed by atoms with Crippen LogP contribution in [0.5, 0.6) is 0 Å². The molecule has 0 amide bonds. The van der Waals surface area contributed by atoms with Crippen LogP contribution in [0, 0.1) is 0 Å². The average molecular weight is 318 g/mol. The molecular formula is C11H12BrNOS2. The van der Waals surface area contributed by atoms with Gasteiger partial charge in [-0.15, -0.1) is 0 Å². The van der Waals surface area contributed by atoms with Crippen LogP contribution < -0.4 is 0 Å². The van der Waals surface area contributed by atoms with Gasteiger partial charge < -0.3 is 10.0 Å². The van der Waals surface area contributed by atoms with E-state index in [4.69, 9.17) is 12.2 Å². The molecule has 5 heteroatoms. The normalized spacial score (nSPS) is 25.2. The molecule has 1 aromatic carbocycles. The van der Waals surface area contributed by atoms with E-state index in [1.165, 1.54) is 11.8 Å². The number of rotatable bonds is 2. The molecule has 0 radical (unpaired) electrons. The first-order valence-corrected chi connectivity index (χ1v) is 7.19. The number of thioether (sulfide) groups is 1. The molecule has 1 fully saturated rings. The fourth-order valence-electron chi connectivity index (χ4n) is 1.82. The second-order valence-electron chi connectivity index (χ2n) is 3.62. The molecule has 0 aromatic heterocycles. The summed E-state index contributed by atoms with van der Waals surface area (Å²) in [5.74, 6) is 0.599. The van der Waals surface area contributed by atoms with Crippen LogP contribution in [0.15, 0.2) is 28.7 Å². The predicted molar refractivity (Wildman–Crippen MR) is 75.5 cm³/mol. The number of hydrogen-bond donors (Lipinski definition) is 1. The molecule has 1 unspecified atom stereocenters. The quantitative estimate of drug-likeness (QED) is 0.847. The smallest absolute Gasteiger partial charge is 0.175 e. The van der Waals surface area contributed by atoms with Gasteiger partial charge in [0.2, 0.25) is 0 Å². The highest BCUT2D eigenvalue weighted by molar-refractivity contribution is 9.10. The van der Waals surface area contributed by atoms with E-state index in [2.05, 4.69) is 15.9 Å². The summed E-state index contributed by atoms with van der Waals surface area (Å²) >= 11 is 10.2. The van der Waals surface area contributed by atoms with Crippen molar-refractivity contribution in [3.63, 3.8) is 0 Å². The van der Waals surface area contributed by atoms with Gasteiger partial charge in [-0.25, -0.2) is 0 Å². The van der Waals surface area contributed by atoms with Gasteiger partial charge in [0.1, 0.15) is 4.32 Å². The average Bonchev–Trinajstić information content (AvgIpc) is 2.56. The third-order valence-corrected chi connectivity index (χ3v) is 4.80. The molecular weight excluding hydrogens is 306 g/mol. The van der Waals surface area contributed by atoms with Gasteiger partial charge in [-0.2, -0.15) is 0 Å². The van der Waals surface area contributed by atoms with Crippen molar-refractivity contribution in [2.24, 2.45) is 0 Å². The van der Waals surface area contributed by atoms with Crippen molar-refractivity contribution >= 4 is 44.2 Å². The Morgan fingerprint density at radius 3 is 2.69 bits per heavy atom. The van der Waals surface area contributed by atoms with Crippen LogP contribution in [0.25, 0.3) is 0 Å². The molecule has 0 saturated carbocycles. The zero-order valence-electron chi connectivity index (χ0n) is 8.81. The molecule has 0 spiro atoms. The zero-order chi connectivity index (χ0) is 11.8. The van der Waals surface area contributed by atoms with Crippen molar-refractivity contribution in [3.8, 4) is 0 Å². The van der Waals surface area contributed by atoms with Crippen molar-refractivity contribution in [2.75, 3.05) is 12.3 Å². The lowest BCUT2D eigenvalue weighted by atomic mass is 10.0. The molecule has 2 rings (SSSR count). The summed E-state index contributed by atoms with van der Waals surface area (Å²) in [6.45, 7) is 2.72. The topological polar surface area (TPSA) is 23.5 Å². The van der Waals surface area contributed by atoms with Crippen molar-refractivity contribution in [1.29, 1.82) is 0 Å². The summed E-state index contributed by atoms with van der Waals surface area (Å²) in [5.41, 5.74) is -0.0538. The largest absolute Gasteiger partial charge is 0.366 e. The maximum absolute atomic E-state index is 10.7. The van der Waals surface area contributed by atoms with Crippen LogP contribution in [0.2, 0.25) is 0 Å². The lowest BCUT2D eigenvalue weighted by Gasteiger charge is -2.33. The SMILES string of the molecule is CCN1C(=S)SCC1(O)c1ccc(Br)cc1. The minimum absolute atomic E-state index is 0.599. The molecule has 86 valence electrons. The van der Waals surface area contributed by atoms with Crippen LogP contribution in [0.4, 0.5) is 0 Å². The van der Waals surface area contributed by atoms with E-state index in [-0.39, 0.29) is 0 Å². The Morgan fingerprint density at radius 1 is 1.50 bits per heavy atom. The zero-order valence-corrected chi connectivity index (χ0v) is 12.0. The van der Waals surface area contributed by atoms with Crippen LogP contribution in [0.1, 0.15) is 12.5 Å². The standard InChI is InChI=1S/C11H12BrNOS2/c1-2-13-10(15)16-7-11(13,14)8-3-5-9(12)6-4-8/h3-6,14H,2,7H2,1H3. The summed E-state index contributed by atoms with van der Waals surface area (Å²) in [7, 11) is 0. The molecule has 0 bridgehead atoms. The first-order valence-electron chi connectivity index (χ1n) is 5.00. The molecule has 1 N–H and O–H groups in total. The van der Waals surface area contributed by atoms with Crippen LogP contribution in [0.3, 0.4) is 0 Å². The van der Waals surface area contributed by atoms with E-state index < -0.39 is 5.72 Å². The van der Waals surface area contributed by atoms with E-state index in [1.54, 1.807) is 0 Å². The molecule has 16 heavy (non-hydrogen) atoms. The minimum atomic E-state index is -0.947. The van der Waals surface area contributed by atoms with Gasteiger partial charge in [-0.3, -0.25) is 0 Å². The van der Waals surface area contributed by atoms with Crippen molar-refractivity contribution in [1.82, 2.24) is 4.90 Å². The van der Waals surface area contributed by atoms with E-state index in [0.29, 0.717) is 5.75 Å². The Bertz CT molecular complexity index is 409. The molecule has 1 aliphatic heterocycles. The van der Waals surface area contributed by atoms with Crippen LogP contribution in [-0.2, 0) is 5.72 Å². The van der Waals surface area contributed by atoms with Gasteiger partial charge in [0.15, 0.2) is 5.72 Å². The van der Waals surface area contributed by atoms with Gasteiger partial charge >= 0.3 is 0 Å².